The van der Waals surface area contributed by atoms with Gasteiger partial charge in [-0.05, 0) is 54.4 Å². The number of nitrogens with zero attached hydrogens (tertiary/aromatic N) is 4. The summed E-state index contributed by atoms with van der Waals surface area (Å²) < 4.78 is 21.3. The molecule has 1 aliphatic rings. The molecule has 1 aliphatic heterocycles. The normalized spacial score (nSPS) is 14.9. The topological polar surface area (TPSA) is 54.5 Å². The molecule has 7 heteroatoms. The summed E-state index contributed by atoms with van der Waals surface area (Å²) in [5.41, 5.74) is 4.10. The molecular weight excluding hydrogens is 407 g/mol. The number of hydrogen-bond acceptors (Lipinski definition) is 4. The zero-order valence-corrected chi connectivity index (χ0v) is 18.2. The second-order valence-corrected chi connectivity index (χ2v) is 8.34. The lowest BCUT2D eigenvalue weighted by atomic mass is 10.0. The van der Waals surface area contributed by atoms with Crippen molar-refractivity contribution in [2.45, 2.75) is 13.5 Å². The van der Waals surface area contributed by atoms with Gasteiger partial charge in [-0.3, -0.25) is 14.4 Å². The summed E-state index contributed by atoms with van der Waals surface area (Å²) in [5.74, 6) is 0.629. The molecule has 1 fully saturated rings. The second kappa shape index (κ2) is 8.24. The number of furan rings is 1. The number of aromatic nitrogens is 2. The van der Waals surface area contributed by atoms with Crippen molar-refractivity contribution in [3.63, 3.8) is 0 Å². The molecule has 164 valence electrons. The maximum Gasteiger partial charge on any atom is 0.274 e. The van der Waals surface area contributed by atoms with Gasteiger partial charge >= 0.3 is 0 Å². The molecule has 3 heterocycles. The Kier molecular flexibility index (Phi) is 5.27. The highest BCUT2D eigenvalue weighted by Crippen LogP contribution is 2.28. The van der Waals surface area contributed by atoms with Crippen molar-refractivity contribution in [3.8, 4) is 11.1 Å². The van der Waals surface area contributed by atoms with E-state index in [9.17, 15) is 9.18 Å². The average Bonchev–Trinajstić information content (AvgIpc) is 3.35. The van der Waals surface area contributed by atoms with Gasteiger partial charge in [-0.1, -0.05) is 18.2 Å². The summed E-state index contributed by atoms with van der Waals surface area (Å²) in [6.45, 7) is 5.52. The quantitative estimate of drug-likeness (QED) is 0.484. The largest absolute Gasteiger partial charge is 0.460 e. The highest BCUT2D eigenvalue weighted by Gasteiger charge is 2.24. The molecule has 0 N–H and O–H groups in total. The van der Waals surface area contributed by atoms with E-state index in [1.807, 2.05) is 55.3 Å². The Labute approximate surface area is 185 Å². The molecule has 0 radical (unpaired) electrons. The smallest absolute Gasteiger partial charge is 0.274 e. The van der Waals surface area contributed by atoms with Crippen LogP contribution in [0.25, 0.3) is 22.1 Å². The average molecular weight is 432 g/mol. The third-order valence-corrected chi connectivity index (χ3v) is 6.10. The SMILES string of the molecule is Cc1cc(C(=O)N2CCN(Cc3cc4cc(-c5cccc(F)c5)ccc4o3)CC2)nn1C. The molecule has 4 aromatic rings. The molecule has 0 unspecified atom stereocenters. The number of aryl methyl sites for hydroxylation is 2. The highest BCUT2D eigenvalue weighted by molar-refractivity contribution is 5.92. The van der Waals surface area contributed by atoms with E-state index in [0.717, 1.165) is 46.6 Å². The first-order valence-electron chi connectivity index (χ1n) is 10.8. The van der Waals surface area contributed by atoms with Gasteiger partial charge < -0.3 is 9.32 Å². The van der Waals surface area contributed by atoms with Gasteiger partial charge in [-0.15, -0.1) is 0 Å². The Morgan fingerprint density at radius 2 is 1.81 bits per heavy atom. The number of carbonyl (C=O) groups is 1. The maximum atomic E-state index is 13.6. The molecule has 1 saturated heterocycles. The van der Waals surface area contributed by atoms with E-state index < -0.39 is 0 Å². The van der Waals surface area contributed by atoms with Gasteiger partial charge in [-0.2, -0.15) is 5.10 Å². The Bertz CT molecular complexity index is 1260. The van der Waals surface area contributed by atoms with Gasteiger partial charge in [-0.25, -0.2) is 4.39 Å². The summed E-state index contributed by atoms with van der Waals surface area (Å²) in [4.78, 5) is 16.9. The van der Waals surface area contributed by atoms with Crippen LogP contribution in [0.4, 0.5) is 4.39 Å². The van der Waals surface area contributed by atoms with Crippen molar-refractivity contribution in [1.82, 2.24) is 19.6 Å². The molecule has 2 aromatic carbocycles. The molecule has 5 rings (SSSR count). The van der Waals surface area contributed by atoms with Gasteiger partial charge in [0.15, 0.2) is 5.69 Å². The van der Waals surface area contributed by atoms with Crippen LogP contribution in [-0.2, 0) is 13.6 Å². The van der Waals surface area contributed by atoms with Crippen molar-refractivity contribution in [1.29, 1.82) is 0 Å². The molecule has 0 saturated carbocycles. The van der Waals surface area contributed by atoms with Crippen LogP contribution in [0, 0.1) is 12.7 Å². The number of fused-ring (bicyclic) bond motifs is 1. The summed E-state index contributed by atoms with van der Waals surface area (Å²) in [5, 5.41) is 5.31. The minimum Gasteiger partial charge on any atom is -0.460 e. The first-order chi connectivity index (χ1) is 15.5. The van der Waals surface area contributed by atoms with Crippen LogP contribution in [0.5, 0.6) is 0 Å². The zero-order valence-electron chi connectivity index (χ0n) is 18.2. The Morgan fingerprint density at radius 3 is 2.53 bits per heavy atom. The van der Waals surface area contributed by atoms with Crippen molar-refractivity contribution in [3.05, 3.63) is 77.6 Å². The molecule has 6 nitrogen and oxygen atoms in total. The first-order valence-corrected chi connectivity index (χ1v) is 10.8. The molecule has 0 bridgehead atoms. The molecule has 0 atom stereocenters. The van der Waals surface area contributed by atoms with Gasteiger partial charge in [0.1, 0.15) is 17.2 Å². The monoisotopic (exact) mass is 432 g/mol. The van der Waals surface area contributed by atoms with Gasteiger partial charge in [0.25, 0.3) is 5.91 Å². The minimum absolute atomic E-state index is 0.0121. The van der Waals surface area contributed by atoms with Crippen LogP contribution < -0.4 is 0 Å². The van der Waals surface area contributed by atoms with Gasteiger partial charge in [0, 0.05) is 44.3 Å². The highest BCUT2D eigenvalue weighted by atomic mass is 19.1. The van der Waals surface area contributed by atoms with Crippen LogP contribution in [0.2, 0.25) is 0 Å². The van der Waals surface area contributed by atoms with E-state index in [4.69, 9.17) is 4.42 Å². The van der Waals surface area contributed by atoms with Crippen LogP contribution >= 0.6 is 0 Å². The number of halogens is 1. The van der Waals surface area contributed by atoms with Gasteiger partial charge in [0.2, 0.25) is 0 Å². The van der Waals surface area contributed by atoms with Crippen LogP contribution in [0.1, 0.15) is 21.9 Å². The predicted molar refractivity (Wildman–Crippen MR) is 121 cm³/mol. The summed E-state index contributed by atoms with van der Waals surface area (Å²) in [6.07, 6.45) is 0. The van der Waals surface area contributed by atoms with E-state index >= 15 is 0 Å². The number of benzene rings is 2. The van der Waals surface area contributed by atoms with Crippen molar-refractivity contribution < 1.29 is 13.6 Å². The minimum atomic E-state index is -0.244. The molecule has 0 spiro atoms. The molecule has 32 heavy (non-hydrogen) atoms. The van der Waals surface area contributed by atoms with Crippen LogP contribution in [-0.4, -0.2) is 51.7 Å². The lowest BCUT2D eigenvalue weighted by Crippen LogP contribution is -2.48. The fourth-order valence-electron chi connectivity index (χ4n) is 4.18. The van der Waals surface area contributed by atoms with E-state index in [2.05, 4.69) is 10.00 Å². The zero-order chi connectivity index (χ0) is 22.2. The fraction of sp³-hybridized carbons (Fsp3) is 0.280. The third kappa shape index (κ3) is 4.03. The predicted octanol–water partition coefficient (Wildman–Crippen LogP) is 4.24. The van der Waals surface area contributed by atoms with E-state index in [1.54, 1.807) is 10.7 Å². The van der Waals surface area contributed by atoms with E-state index in [1.165, 1.54) is 12.1 Å². The number of amides is 1. The number of rotatable bonds is 4. The Hall–Kier alpha value is -3.45. The lowest BCUT2D eigenvalue weighted by Gasteiger charge is -2.33. The molecule has 0 aliphatic carbocycles. The third-order valence-electron chi connectivity index (χ3n) is 6.10. The first kappa shape index (κ1) is 20.5. The molecule has 1 amide bonds. The van der Waals surface area contributed by atoms with Crippen LogP contribution in [0.3, 0.4) is 0 Å². The number of hydrogen-bond donors (Lipinski definition) is 0. The fourth-order valence-corrected chi connectivity index (χ4v) is 4.18. The number of piperazine rings is 1. The van der Waals surface area contributed by atoms with E-state index in [-0.39, 0.29) is 11.7 Å². The maximum absolute atomic E-state index is 13.6. The molecule has 2 aromatic heterocycles. The standard InChI is InChI=1S/C25H25FN4O2/c1-17-12-23(27-28(17)2)25(31)30-10-8-29(9-11-30)16-22-15-20-13-19(6-7-24(20)32-22)18-4-3-5-21(26)14-18/h3-7,12-15H,8-11,16H2,1-2H3. The van der Waals surface area contributed by atoms with Crippen LogP contribution in [0.15, 0.2) is 59.0 Å². The summed E-state index contributed by atoms with van der Waals surface area (Å²) >= 11 is 0. The lowest BCUT2D eigenvalue weighted by molar-refractivity contribution is 0.0614. The molecular formula is C25H25FN4O2. The van der Waals surface area contributed by atoms with Crippen molar-refractivity contribution in [2.24, 2.45) is 7.05 Å². The summed E-state index contributed by atoms with van der Waals surface area (Å²) in [7, 11) is 1.85. The summed E-state index contributed by atoms with van der Waals surface area (Å²) in [6, 6.07) is 16.4. The van der Waals surface area contributed by atoms with Gasteiger partial charge in [0.05, 0.1) is 6.54 Å². The number of carbonyl (C=O) groups excluding carboxylic acids is 1. The van der Waals surface area contributed by atoms with Crippen molar-refractivity contribution >= 4 is 16.9 Å². The van der Waals surface area contributed by atoms with E-state index in [0.29, 0.717) is 25.3 Å². The van der Waals surface area contributed by atoms with Crippen molar-refractivity contribution in [2.75, 3.05) is 26.2 Å². The second-order valence-electron chi connectivity index (χ2n) is 8.34. The Balaban J connectivity index is 1.24. The Morgan fingerprint density at radius 1 is 1.03 bits per heavy atom.